The molecule has 0 radical (unpaired) electrons. The molecule has 1 unspecified atom stereocenters. The lowest BCUT2D eigenvalue weighted by Gasteiger charge is -2.17. The molecule has 0 heterocycles. The van der Waals surface area contributed by atoms with Crippen LogP contribution in [-0.4, -0.2) is 0 Å². The minimum Gasteiger partial charge on any atom is -0.378 e. The quantitative estimate of drug-likeness (QED) is 0.649. The molecule has 0 aliphatic rings. The van der Waals surface area contributed by atoms with Gasteiger partial charge in [0.05, 0.1) is 0 Å². The number of hydrogen-bond acceptors (Lipinski definition) is 1. The van der Waals surface area contributed by atoms with E-state index in [4.69, 9.17) is 0 Å². The molecule has 0 aromatic heterocycles. The molecule has 0 saturated carbocycles. The van der Waals surface area contributed by atoms with E-state index in [1.807, 2.05) is 0 Å². The van der Waals surface area contributed by atoms with Gasteiger partial charge in [-0.15, -0.1) is 0 Å². The molecule has 2 rings (SSSR count). The molecular formula is C15H15BrIN. The summed E-state index contributed by atoms with van der Waals surface area (Å²) in [6, 6.07) is 15.3. The van der Waals surface area contributed by atoms with Gasteiger partial charge in [0.2, 0.25) is 0 Å². The molecule has 0 aliphatic heterocycles. The van der Waals surface area contributed by atoms with E-state index in [1.54, 1.807) is 0 Å². The Morgan fingerprint density at radius 3 is 2.44 bits per heavy atom. The molecule has 0 amide bonds. The van der Waals surface area contributed by atoms with Crippen molar-refractivity contribution in [2.45, 2.75) is 19.9 Å². The van der Waals surface area contributed by atoms with Crippen molar-refractivity contribution in [3.63, 3.8) is 0 Å². The van der Waals surface area contributed by atoms with Gasteiger partial charge < -0.3 is 5.32 Å². The van der Waals surface area contributed by atoms with E-state index in [0.29, 0.717) is 6.04 Å². The molecule has 0 spiro atoms. The molecule has 2 aromatic carbocycles. The van der Waals surface area contributed by atoms with Crippen molar-refractivity contribution in [2.24, 2.45) is 0 Å². The van der Waals surface area contributed by atoms with Crippen molar-refractivity contribution >= 4 is 44.2 Å². The highest BCUT2D eigenvalue weighted by molar-refractivity contribution is 14.1. The van der Waals surface area contributed by atoms with Gasteiger partial charge in [-0.3, -0.25) is 0 Å². The van der Waals surface area contributed by atoms with Crippen LogP contribution in [0.5, 0.6) is 0 Å². The van der Waals surface area contributed by atoms with E-state index < -0.39 is 0 Å². The molecule has 1 nitrogen and oxygen atoms in total. The summed E-state index contributed by atoms with van der Waals surface area (Å²) in [6.07, 6.45) is 0. The third-order valence-corrected chi connectivity index (χ3v) is 4.27. The highest BCUT2D eigenvalue weighted by Gasteiger charge is 2.07. The van der Waals surface area contributed by atoms with Crippen LogP contribution < -0.4 is 5.32 Å². The Bertz CT molecular complexity index is 537. The first kappa shape index (κ1) is 13.9. The van der Waals surface area contributed by atoms with Crippen LogP contribution in [0.15, 0.2) is 46.9 Å². The zero-order chi connectivity index (χ0) is 13.1. The number of anilines is 1. The Morgan fingerprint density at radius 1 is 1.11 bits per heavy atom. The topological polar surface area (TPSA) is 12.0 Å². The highest BCUT2D eigenvalue weighted by Crippen LogP contribution is 2.27. The lowest BCUT2D eigenvalue weighted by molar-refractivity contribution is 0.883. The van der Waals surface area contributed by atoms with Gasteiger partial charge in [-0.05, 0) is 87.8 Å². The lowest BCUT2D eigenvalue weighted by atomic mass is 10.1. The first-order valence-electron chi connectivity index (χ1n) is 5.84. The maximum absolute atomic E-state index is 3.58. The molecular weight excluding hydrogens is 401 g/mol. The molecule has 0 aliphatic carbocycles. The van der Waals surface area contributed by atoms with E-state index >= 15 is 0 Å². The third-order valence-electron chi connectivity index (χ3n) is 2.86. The molecule has 94 valence electrons. The van der Waals surface area contributed by atoms with Crippen LogP contribution in [0.25, 0.3) is 0 Å². The summed E-state index contributed by atoms with van der Waals surface area (Å²) < 4.78 is 2.37. The summed E-state index contributed by atoms with van der Waals surface area (Å²) in [5.74, 6) is 0. The highest BCUT2D eigenvalue weighted by atomic mass is 127. The second kappa shape index (κ2) is 6.06. The van der Waals surface area contributed by atoms with Gasteiger partial charge in [-0.1, -0.05) is 18.2 Å². The Morgan fingerprint density at radius 2 is 1.78 bits per heavy atom. The predicted molar refractivity (Wildman–Crippen MR) is 90.1 cm³/mol. The van der Waals surface area contributed by atoms with Crippen molar-refractivity contribution < 1.29 is 0 Å². The molecule has 2 aromatic rings. The normalized spacial score (nSPS) is 12.2. The maximum atomic E-state index is 3.58. The Kier molecular flexibility index (Phi) is 4.67. The number of benzene rings is 2. The van der Waals surface area contributed by atoms with E-state index in [1.165, 1.54) is 14.7 Å². The monoisotopic (exact) mass is 415 g/mol. The summed E-state index contributed by atoms with van der Waals surface area (Å²) in [4.78, 5) is 0. The summed E-state index contributed by atoms with van der Waals surface area (Å²) in [5.41, 5.74) is 3.69. The molecule has 1 N–H and O–H groups in total. The smallest absolute Gasteiger partial charge is 0.0491 e. The van der Waals surface area contributed by atoms with Crippen LogP contribution in [0.1, 0.15) is 24.1 Å². The summed E-state index contributed by atoms with van der Waals surface area (Å²) >= 11 is 5.90. The van der Waals surface area contributed by atoms with Gasteiger partial charge in [0, 0.05) is 19.8 Å². The van der Waals surface area contributed by atoms with Crippen LogP contribution in [0.3, 0.4) is 0 Å². The number of aryl methyl sites for hydroxylation is 1. The maximum Gasteiger partial charge on any atom is 0.0491 e. The molecule has 0 bridgehead atoms. The minimum atomic E-state index is 0.292. The second-order valence-corrected chi connectivity index (χ2v) is 6.50. The van der Waals surface area contributed by atoms with Crippen molar-refractivity contribution in [3.8, 4) is 0 Å². The van der Waals surface area contributed by atoms with Gasteiger partial charge in [0.25, 0.3) is 0 Å². The molecule has 1 atom stereocenters. The van der Waals surface area contributed by atoms with Crippen molar-refractivity contribution in [2.75, 3.05) is 5.32 Å². The lowest BCUT2D eigenvalue weighted by Crippen LogP contribution is -2.07. The predicted octanol–water partition coefficient (Wildman–Crippen LogP) is 5.54. The van der Waals surface area contributed by atoms with Crippen LogP contribution in [-0.2, 0) is 0 Å². The molecule has 18 heavy (non-hydrogen) atoms. The Hall–Kier alpha value is -0.550. The molecule has 3 heteroatoms. The summed E-state index contributed by atoms with van der Waals surface area (Å²) in [7, 11) is 0. The third kappa shape index (κ3) is 3.48. The zero-order valence-corrected chi connectivity index (χ0v) is 14.1. The Balaban J connectivity index is 2.18. The van der Waals surface area contributed by atoms with E-state index in [0.717, 1.165) is 10.2 Å². The van der Waals surface area contributed by atoms with Crippen molar-refractivity contribution in [3.05, 3.63) is 61.6 Å². The van der Waals surface area contributed by atoms with Gasteiger partial charge in [-0.2, -0.15) is 0 Å². The van der Waals surface area contributed by atoms with Gasteiger partial charge in [0.1, 0.15) is 0 Å². The van der Waals surface area contributed by atoms with Gasteiger partial charge in [0.15, 0.2) is 0 Å². The summed E-state index contributed by atoms with van der Waals surface area (Å²) in [6.45, 7) is 4.28. The average molecular weight is 416 g/mol. The molecule has 0 saturated heterocycles. The Labute approximate surface area is 130 Å². The second-order valence-electron chi connectivity index (χ2n) is 4.40. The fourth-order valence-electron chi connectivity index (χ4n) is 1.82. The van der Waals surface area contributed by atoms with Gasteiger partial charge in [-0.25, -0.2) is 0 Å². The number of halogens is 2. The van der Waals surface area contributed by atoms with Crippen LogP contribution in [0.4, 0.5) is 5.69 Å². The average Bonchev–Trinajstić information content (AvgIpc) is 2.34. The first-order chi connectivity index (χ1) is 8.56. The number of nitrogens with one attached hydrogen (secondary N) is 1. The fourth-order valence-corrected chi connectivity index (χ4v) is 2.54. The fraction of sp³-hybridized carbons (Fsp3) is 0.200. The zero-order valence-electron chi connectivity index (χ0n) is 10.4. The SMILES string of the molecule is Cc1ccc(Br)c(NC(C)c2ccc(I)cc2)c1. The van der Waals surface area contributed by atoms with Crippen LogP contribution in [0.2, 0.25) is 0 Å². The first-order valence-corrected chi connectivity index (χ1v) is 7.71. The van der Waals surface area contributed by atoms with Crippen molar-refractivity contribution in [1.29, 1.82) is 0 Å². The number of hydrogen-bond donors (Lipinski definition) is 1. The van der Waals surface area contributed by atoms with Gasteiger partial charge >= 0.3 is 0 Å². The minimum absolute atomic E-state index is 0.292. The van der Waals surface area contributed by atoms with E-state index in [9.17, 15) is 0 Å². The standard InChI is InChI=1S/C15H15BrIN/c1-10-3-8-14(16)15(9-10)18-11(2)12-4-6-13(17)7-5-12/h3-9,11,18H,1-2H3. The van der Waals surface area contributed by atoms with Crippen LogP contribution in [0, 0.1) is 10.5 Å². The molecule has 0 fully saturated rings. The van der Waals surface area contributed by atoms with E-state index in [2.05, 4.69) is 100 Å². The summed E-state index contributed by atoms with van der Waals surface area (Å²) in [5, 5.41) is 3.54. The van der Waals surface area contributed by atoms with Crippen molar-refractivity contribution in [1.82, 2.24) is 0 Å². The van der Waals surface area contributed by atoms with Crippen LogP contribution >= 0.6 is 38.5 Å². The van der Waals surface area contributed by atoms with E-state index in [-0.39, 0.29) is 0 Å². The number of rotatable bonds is 3. The largest absolute Gasteiger partial charge is 0.378 e.